The molecule has 5 rings (SSSR count). The highest BCUT2D eigenvalue weighted by Gasteiger charge is 2.28. The predicted octanol–water partition coefficient (Wildman–Crippen LogP) is 4.85. The van der Waals surface area contributed by atoms with Crippen molar-refractivity contribution in [1.82, 2.24) is 13.9 Å². The lowest BCUT2D eigenvalue weighted by Gasteiger charge is -2.16. The third-order valence-electron chi connectivity index (χ3n) is 6.60. The summed E-state index contributed by atoms with van der Waals surface area (Å²) in [5, 5.41) is 0.913. The summed E-state index contributed by atoms with van der Waals surface area (Å²) < 4.78 is 35.9. The monoisotopic (exact) mass is 485 g/mol. The van der Waals surface area contributed by atoms with Gasteiger partial charge < -0.3 is 9.30 Å². The summed E-state index contributed by atoms with van der Waals surface area (Å²) >= 11 is 1.70. The standard InChI is InChI=1S/C25H31N3O3S2/c1-2-19-7-9-20(10-8-19)18-32-25-26-23-16-22(33(29,30)27-13-3-4-14-27)11-12-24(23)28(25)17-21-6-5-15-31-21/h7-12,16,21H,2-6,13-15,17-18H2,1H3. The van der Waals surface area contributed by atoms with E-state index in [0.29, 0.717) is 18.0 Å². The van der Waals surface area contributed by atoms with Crippen LogP contribution in [0.4, 0.5) is 0 Å². The van der Waals surface area contributed by atoms with E-state index in [1.54, 1.807) is 28.2 Å². The van der Waals surface area contributed by atoms with Crippen molar-refractivity contribution in [3.8, 4) is 0 Å². The molecule has 3 aromatic rings. The number of imidazole rings is 1. The molecule has 1 unspecified atom stereocenters. The number of ether oxygens (including phenoxy) is 1. The average molecular weight is 486 g/mol. The summed E-state index contributed by atoms with van der Waals surface area (Å²) in [5.41, 5.74) is 4.29. The van der Waals surface area contributed by atoms with Gasteiger partial charge in [0, 0.05) is 25.4 Å². The molecule has 176 valence electrons. The lowest BCUT2D eigenvalue weighted by atomic mass is 10.1. The molecule has 2 aromatic carbocycles. The largest absolute Gasteiger partial charge is 0.376 e. The third kappa shape index (κ3) is 4.85. The van der Waals surface area contributed by atoms with Crippen LogP contribution < -0.4 is 0 Å². The topological polar surface area (TPSA) is 64.4 Å². The molecule has 0 bridgehead atoms. The van der Waals surface area contributed by atoms with Crippen molar-refractivity contribution >= 4 is 32.8 Å². The van der Waals surface area contributed by atoms with Crippen molar-refractivity contribution in [2.75, 3.05) is 19.7 Å². The molecule has 0 saturated carbocycles. The van der Waals surface area contributed by atoms with E-state index in [1.807, 2.05) is 6.07 Å². The lowest BCUT2D eigenvalue weighted by molar-refractivity contribution is 0.0960. The molecule has 2 aliphatic rings. The summed E-state index contributed by atoms with van der Waals surface area (Å²) in [6.45, 7) is 4.92. The minimum atomic E-state index is -3.47. The van der Waals surface area contributed by atoms with E-state index >= 15 is 0 Å². The number of nitrogens with zero attached hydrogens (tertiary/aromatic N) is 3. The molecule has 33 heavy (non-hydrogen) atoms. The maximum absolute atomic E-state index is 13.1. The van der Waals surface area contributed by atoms with Crippen LogP contribution in [-0.2, 0) is 33.5 Å². The molecular weight excluding hydrogens is 454 g/mol. The van der Waals surface area contributed by atoms with Gasteiger partial charge in [-0.25, -0.2) is 13.4 Å². The number of rotatable bonds is 8. The summed E-state index contributed by atoms with van der Waals surface area (Å²) in [5.74, 6) is 0.817. The smallest absolute Gasteiger partial charge is 0.243 e. The average Bonchev–Trinajstić information content (AvgIpc) is 3.60. The molecule has 0 spiro atoms. The third-order valence-corrected chi connectivity index (χ3v) is 9.54. The first-order valence-electron chi connectivity index (χ1n) is 11.9. The van der Waals surface area contributed by atoms with E-state index in [1.165, 1.54) is 11.1 Å². The predicted molar refractivity (Wildman–Crippen MR) is 132 cm³/mol. The summed E-state index contributed by atoms with van der Waals surface area (Å²) in [6, 6.07) is 14.1. The Bertz CT molecular complexity index is 1210. The van der Waals surface area contributed by atoms with Gasteiger partial charge in [-0.15, -0.1) is 0 Å². The second kappa shape index (κ2) is 9.78. The van der Waals surface area contributed by atoms with Gasteiger partial charge >= 0.3 is 0 Å². The van der Waals surface area contributed by atoms with Crippen molar-refractivity contribution in [2.24, 2.45) is 0 Å². The van der Waals surface area contributed by atoms with E-state index in [0.717, 1.165) is 67.2 Å². The van der Waals surface area contributed by atoms with Crippen molar-refractivity contribution in [3.05, 3.63) is 53.6 Å². The fourth-order valence-electron chi connectivity index (χ4n) is 4.62. The van der Waals surface area contributed by atoms with Crippen LogP contribution in [0.3, 0.4) is 0 Å². The van der Waals surface area contributed by atoms with E-state index < -0.39 is 10.0 Å². The molecule has 1 aromatic heterocycles. The Morgan fingerprint density at radius 1 is 1.06 bits per heavy atom. The Morgan fingerprint density at radius 2 is 1.82 bits per heavy atom. The van der Waals surface area contributed by atoms with Crippen molar-refractivity contribution in [3.63, 3.8) is 0 Å². The number of aromatic nitrogens is 2. The highest BCUT2D eigenvalue weighted by molar-refractivity contribution is 7.98. The van der Waals surface area contributed by atoms with Crippen LogP contribution in [0.1, 0.15) is 43.7 Å². The summed E-state index contributed by atoms with van der Waals surface area (Å²) in [4.78, 5) is 5.23. The van der Waals surface area contributed by atoms with Crippen LogP contribution >= 0.6 is 11.8 Å². The van der Waals surface area contributed by atoms with Gasteiger partial charge in [0.2, 0.25) is 10.0 Å². The molecule has 8 heteroatoms. The van der Waals surface area contributed by atoms with E-state index in [2.05, 4.69) is 35.8 Å². The summed E-state index contributed by atoms with van der Waals surface area (Å²) in [6.07, 6.45) is 5.20. The Hall–Kier alpha value is -1.87. The Labute approximate surface area is 200 Å². The quantitative estimate of drug-likeness (QED) is 0.427. The van der Waals surface area contributed by atoms with Crippen LogP contribution in [0, 0.1) is 0 Å². The molecular formula is C25H31N3O3S2. The van der Waals surface area contributed by atoms with Gasteiger partial charge in [-0.2, -0.15) is 4.31 Å². The normalized spacial score (nSPS) is 19.6. The second-order valence-corrected chi connectivity index (χ2v) is 11.7. The van der Waals surface area contributed by atoms with Crippen molar-refractivity contribution < 1.29 is 13.2 Å². The molecule has 0 radical (unpaired) electrons. The Morgan fingerprint density at radius 3 is 2.52 bits per heavy atom. The van der Waals surface area contributed by atoms with E-state index in [4.69, 9.17) is 9.72 Å². The Kier molecular flexibility index (Phi) is 6.79. The maximum Gasteiger partial charge on any atom is 0.243 e. The van der Waals surface area contributed by atoms with Gasteiger partial charge in [-0.3, -0.25) is 0 Å². The summed E-state index contributed by atoms with van der Waals surface area (Å²) in [7, 11) is -3.47. The minimum absolute atomic E-state index is 0.179. The fraction of sp³-hybridized carbons (Fsp3) is 0.480. The van der Waals surface area contributed by atoms with Crippen LogP contribution in [0.5, 0.6) is 0 Å². The first-order valence-corrected chi connectivity index (χ1v) is 14.3. The number of sulfonamides is 1. The van der Waals surface area contributed by atoms with Gasteiger partial charge in [0.1, 0.15) is 0 Å². The van der Waals surface area contributed by atoms with Gasteiger partial charge in [0.25, 0.3) is 0 Å². The van der Waals surface area contributed by atoms with Crippen molar-refractivity contribution in [1.29, 1.82) is 0 Å². The molecule has 2 aliphatic heterocycles. The van der Waals surface area contributed by atoms with Crippen LogP contribution in [0.15, 0.2) is 52.5 Å². The lowest BCUT2D eigenvalue weighted by Crippen LogP contribution is -2.27. The number of fused-ring (bicyclic) bond motifs is 1. The molecule has 6 nitrogen and oxygen atoms in total. The maximum atomic E-state index is 13.1. The highest BCUT2D eigenvalue weighted by atomic mass is 32.2. The second-order valence-electron chi connectivity index (χ2n) is 8.86. The molecule has 3 heterocycles. The first kappa shape index (κ1) is 22.9. The SMILES string of the molecule is CCc1ccc(CSc2nc3cc(S(=O)(=O)N4CCCC4)ccc3n2CC2CCCO2)cc1. The molecule has 0 amide bonds. The van der Waals surface area contributed by atoms with Crippen LogP contribution in [0.2, 0.25) is 0 Å². The number of aryl methyl sites for hydroxylation is 1. The van der Waals surface area contributed by atoms with Crippen LogP contribution in [-0.4, -0.2) is 48.1 Å². The van der Waals surface area contributed by atoms with E-state index in [9.17, 15) is 8.42 Å². The molecule has 2 saturated heterocycles. The molecule has 2 fully saturated rings. The zero-order valence-electron chi connectivity index (χ0n) is 19.1. The first-order chi connectivity index (χ1) is 16.0. The molecule has 0 aliphatic carbocycles. The van der Waals surface area contributed by atoms with Crippen molar-refractivity contribution in [2.45, 2.75) is 67.5 Å². The van der Waals surface area contributed by atoms with Gasteiger partial charge in [0.15, 0.2) is 5.16 Å². The fourth-order valence-corrected chi connectivity index (χ4v) is 7.14. The minimum Gasteiger partial charge on any atom is -0.376 e. The van der Waals surface area contributed by atoms with Gasteiger partial charge in [-0.05, 0) is 61.4 Å². The highest BCUT2D eigenvalue weighted by Crippen LogP contribution is 2.31. The van der Waals surface area contributed by atoms with E-state index in [-0.39, 0.29) is 6.10 Å². The molecule has 0 N–H and O–H groups in total. The molecule has 1 atom stereocenters. The van der Waals surface area contributed by atoms with Crippen LogP contribution in [0.25, 0.3) is 11.0 Å². The zero-order valence-corrected chi connectivity index (χ0v) is 20.7. The van der Waals surface area contributed by atoms with Gasteiger partial charge in [-0.1, -0.05) is 43.0 Å². The zero-order chi connectivity index (χ0) is 22.8. The number of hydrogen-bond donors (Lipinski definition) is 0. The number of benzene rings is 2. The number of hydrogen-bond acceptors (Lipinski definition) is 5. The number of thioether (sulfide) groups is 1. The Balaban J connectivity index is 1.46. The van der Waals surface area contributed by atoms with Gasteiger partial charge in [0.05, 0.1) is 28.6 Å².